The third-order valence-corrected chi connectivity index (χ3v) is 5.62. The number of amides is 1. The molecule has 0 unspecified atom stereocenters. The zero-order valence-electron chi connectivity index (χ0n) is 16.7. The smallest absolute Gasteiger partial charge is 0.266 e. The number of anilines is 2. The fourth-order valence-electron chi connectivity index (χ4n) is 3.96. The number of nitriles is 1. The summed E-state index contributed by atoms with van der Waals surface area (Å²) in [6.45, 7) is 1.22. The number of aromatic nitrogens is 1. The normalized spacial score (nSPS) is 14.5. The highest BCUT2D eigenvalue weighted by molar-refractivity contribution is 5.95. The zero-order chi connectivity index (χ0) is 21.2. The lowest BCUT2D eigenvalue weighted by Gasteiger charge is -2.31. The predicted molar refractivity (Wildman–Crippen MR) is 116 cm³/mol. The molecule has 0 atom stereocenters. The number of nitrogens with zero attached hydrogens (tertiary/aromatic N) is 3. The summed E-state index contributed by atoms with van der Waals surface area (Å²) in [6.07, 6.45) is 2.87. The Kier molecular flexibility index (Phi) is 4.89. The summed E-state index contributed by atoms with van der Waals surface area (Å²) >= 11 is 0. The van der Waals surface area contributed by atoms with E-state index in [0.717, 1.165) is 16.5 Å². The van der Waals surface area contributed by atoms with E-state index in [2.05, 4.69) is 16.4 Å². The number of oxazole rings is 1. The van der Waals surface area contributed by atoms with Crippen molar-refractivity contribution in [3.05, 3.63) is 66.6 Å². The van der Waals surface area contributed by atoms with Gasteiger partial charge in [-0.1, -0.05) is 30.3 Å². The Morgan fingerprint density at radius 3 is 2.65 bits per heavy atom. The Morgan fingerprint density at radius 1 is 1.10 bits per heavy atom. The number of hydrogen-bond acceptors (Lipinski definition) is 6. The number of fused-ring (bicyclic) bond motifs is 1. The van der Waals surface area contributed by atoms with Crippen LogP contribution in [-0.4, -0.2) is 24.0 Å². The molecular formula is C24H20N4O3. The molecule has 0 aliphatic carbocycles. The van der Waals surface area contributed by atoms with Gasteiger partial charge in [0.25, 0.3) is 5.89 Å². The fourth-order valence-corrected chi connectivity index (χ4v) is 3.96. The fraction of sp³-hybridized carbons (Fsp3) is 0.208. The predicted octanol–water partition coefficient (Wildman–Crippen LogP) is 4.81. The number of hydrogen-bond donors (Lipinski definition) is 1. The van der Waals surface area contributed by atoms with Crippen molar-refractivity contribution in [2.24, 2.45) is 5.92 Å². The first kappa shape index (κ1) is 18.9. The molecule has 31 heavy (non-hydrogen) atoms. The second kappa shape index (κ2) is 8.00. The van der Waals surface area contributed by atoms with Crippen LogP contribution in [0.25, 0.3) is 22.4 Å². The monoisotopic (exact) mass is 412 g/mol. The van der Waals surface area contributed by atoms with Crippen LogP contribution < -0.4 is 10.2 Å². The van der Waals surface area contributed by atoms with Crippen LogP contribution in [0.5, 0.6) is 0 Å². The number of benzene rings is 2. The number of furan rings is 1. The van der Waals surface area contributed by atoms with Gasteiger partial charge >= 0.3 is 0 Å². The van der Waals surface area contributed by atoms with E-state index in [-0.39, 0.29) is 23.4 Å². The van der Waals surface area contributed by atoms with E-state index >= 15 is 0 Å². The topological polar surface area (TPSA) is 95.3 Å². The highest BCUT2D eigenvalue weighted by Crippen LogP contribution is 2.31. The van der Waals surface area contributed by atoms with Crippen LogP contribution in [0.2, 0.25) is 0 Å². The van der Waals surface area contributed by atoms with Crippen LogP contribution >= 0.6 is 0 Å². The van der Waals surface area contributed by atoms with Crippen LogP contribution in [0.15, 0.2) is 69.7 Å². The SMILES string of the molecule is N#Cc1nc(-c2ccco2)oc1N1CCC(C(=O)Nc2ccc3ccccc3c2)CC1. The highest BCUT2D eigenvalue weighted by atomic mass is 16.4. The largest absolute Gasteiger partial charge is 0.459 e. The molecule has 1 aliphatic rings. The molecule has 7 nitrogen and oxygen atoms in total. The molecular weight excluding hydrogens is 392 g/mol. The minimum absolute atomic E-state index is 0.0179. The second-order valence-corrected chi connectivity index (χ2v) is 7.57. The maximum absolute atomic E-state index is 12.8. The van der Waals surface area contributed by atoms with E-state index in [0.29, 0.717) is 37.6 Å². The first-order valence-corrected chi connectivity index (χ1v) is 10.2. The van der Waals surface area contributed by atoms with Gasteiger partial charge in [0.1, 0.15) is 6.07 Å². The molecule has 2 aromatic carbocycles. The van der Waals surface area contributed by atoms with Crippen LogP contribution in [0.3, 0.4) is 0 Å². The number of nitrogens with one attached hydrogen (secondary N) is 1. The summed E-state index contributed by atoms with van der Waals surface area (Å²) in [7, 11) is 0. The molecule has 1 amide bonds. The number of rotatable bonds is 4. The van der Waals surface area contributed by atoms with E-state index in [1.807, 2.05) is 47.4 Å². The summed E-state index contributed by atoms with van der Waals surface area (Å²) in [5, 5.41) is 14.7. The van der Waals surface area contributed by atoms with Gasteiger partial charge in [-0.3, -0.25) is 4.79 Å². The van der Waals surface area contributed by atoms with Crippen LogP contribution in [0.1, 0.15) is 18.5 Å². The summed E-state index contributed by atoms with van der Waals surface area (Å²) < 4.78 is 11.1. The average molecular weight is 412 g/mol. The van der Waals surface area contributed by atoms with E-state index in [4.69, 9.17) is 8.83 Å². The van der Waals surface area contributed by atoms with Crippen molar-refractivity contribution in [2.75, 3.05) is 23.3 Å². The third kappa shape index (κ3) is 3.76. The molecule has 0 spiro atoms. The van der Waals surface area contributed by atoms with E-state index in [9.17, 15) is 10.1 Å². The van der Waals surface area contributed by atoms with Gasteiger partial charge in [-0.05, 0) is 47.9 Å². The van der Waals surface area contributed by atoms with Gasteiger partial charge in [0.2, 0.25) is 17.5 Å². The average Bonchev–Trinajstić information content (AvgIpc) is 3.49. The van der Waals surface area contributed by atoms with E-state index < -0.39 is 0 Å². The molecule has 0 saturated carbocycles. The molecule has 1 aliphatic heterocycles. The van der Waals surface area contributed by atoms with Crippen LogP contribution in [0.4, 0.5) is 11.6 Å². The lowest BCUT2D eigenvalue weighted by Crippen LogP contribution is -2.38. The Labute approximate surface area is 178 Å². The zero-order valence-corrected chi connectivity index (χ0v) is 16.7. The third-order valence-electron chi connectivity index (χ3n) is 5.62. The van der Waals surface area contributed by atoms with Gasteiger partial charge in [0, 0.05) is 24.7 Å². The second-order valence-electron chi connectivity index (χ2n) is 7.57. The van der Waals surface area contributed by atoms with Crippen LogP contribution in [0, 0.1) is 17.2 Å². The van der Waals surface area contributed by atoms with Gasteiger partial charge in [-0.15, -0.1) is 0 Å². The van der Waals surface area contributed by atoms with E-state index in [1.165, 1.54) is 6.26 Å². The van der Waals surface area contributed by atoms with Crippen molar-refractivity contribution >= 4 is 28.3 Å². The Hall–Kier alpha value is -4.05. The quantitative estimate of drug-likeness (QED) is 0.517. The minimum Gasteiger partial charge on any atom is -0.459 e. The first-order chi connectivity index (χ1) is 15.2. The van der Waals surface area contributed by atoms with Gasteiger partial charge < -0.3 is 19.1 Å². The highest BCUT2D eigenvalue weighted by Gasteiger charge is 2.29. The maximum atomic E-state index is 12.8. The number of carbonyl (C=O) groups is 1. The van der Waals surface area contributed by atoms with Gasteiger partial charge in [-0.25, -0.2) is 0 Å². The minimum atomic E-state index is -0.0966. The van der Waals surface area contributed by atoms with Gasteiger partial charge in [0.15, 0.2) is 5.76 Å². The summed E-state index contributed by atoms with van der Waals surface area (Å²) in [6, 6.07) is 19.6. The van der Waals surface area contributed by atoms with Crippen molar-refractivity contribution in [2.45, 2.75) is 12.8 Å². The van der Waals surface area contributed by atoms with Crippen molar-refractivity contribution in [3.63, 3.8) is 0 Å². The first-order valence-electron chi connectivity index (χ1n) is 10.2. The van der Waals surface area contributed by atoms with Gasteiger partial charge in [-0.2, -0.15) is 10.2 Å². The summed E-state index contributed by atoms with van der Waals surface area (Å²) in [4.78, 5) is 19.0. The molecule has 1 saturated heterocycles. The Balaban J connectivity index is 1.25. The Bertz CT molecular complexity index is 1260. The van der Waals surface area contributed by atoms with Crippen LogP contribution in [-0.2, 0) is 4.79 Å². The molecule has 0 radical (unpaired) electrons. The number of piperidine rings is 1. The van der Waals surface area contributed by atoms with Crippen molar-refractivity contribution in [3.8, 4) is 17.7 Å². The Morgan fingerprint density at radius 2 is 1.90 bits per heavy atom. The molecule has 5 rings (SSSR count). The van der Waals surface area contributed by atoms with E-state index in [1.54, 1.807) is 12.1 Å². The summed E-state index contributed by atoms with van der Waals surface area (Å²) in [5.41, 5.74) is 1.03. The molecule has 1 N–H and O–H groups in total. The van der Waals surface area contributed by atoms with Crippen molar-refractivity contribution < 1.29 is 13.6 Å². The molecule has 2 aromatic heterocycles. The van der Waals surface area contributed by atoms with Crippen molar-refractivity contribution in [1.82, 2.24) is 4.98 Å². The molecule has 4 aromatic rings. The standard InChI is InChI=1S/C24H20N4O3/c25-15-20-24(31-23(27-20)21-6-3-13-30-21)28-11-9-17(10-12-28)22(29)26-19-8-7-16-4-1-2-5-18(16)14-19/h1-8,13-14,17H,9-12H2,(H,26,29). The molecule has 0 bridgehead atoms. The van der Waals surface area contributed by atoms with Gasteiger partial charge in [0.05, 0.1) is 6.26 Å². The van der Waals surface area contributed by atoms with Crippen molar-refractivity contribution in [1.29, 1.82) is 5.26 Å². The molecule has 154 valence electrons. The molecule has 1 fully saturated rings. The maximum Gasteiger partial charge on any atom is 0.266 e. The lowest BCUT2D eigenvalue weighted by atomic mass is 9.95. The summed E-state index contributed by atoms with van der Waals surface area (Å²) in [5.74, 6) is 1.12. The number of carbonyl (C=O) groups excluding carboxylic acids is 1. The lowest BCUT2D eigenvalue weighted by molar-refractivity contribution is -0.120. The molecule has 3 heterocycles. The molecule has 7 heteroatoms.